The number of aromatic hydroxyl groups is 1. The Hall–Kier alpha value is -1.99. The van der Waals surface area contributed by atoms with Gasteiger partial charge in [0, 0.05) is 10.6 Å². The van der Waals surface area contributed by atoms with Crippen LogP contribution in [0.1, 0.15) is 15.2 Å². The molecule has 0 unspecified atom stereocenters. The molecule has 3 N–H and O–H groups in total. The number of benzene rings is 1. The van der Waals surface area contributed by atoms with Crippen LogP contribution in [0.2, 0.25) is 0 Å². The normalized spacial score (nSPS) is 10.3. The summed E-state index contributed by atoms with van der Waals surface area (Å²) in [5.41, 5.74) is -0.129. The summed E-state index contributed by atoms with van der Waals surface area (Å²) in [5, 5.41) is 23.2. The van der Waals surface area contributed by atoms with E-state index in [-0.39, 0.29) is 22.9 Å². The number of thioether (sulfide) groups is 1. The topological polar surface area (TPSA) is 86.6 Å². The molecular weight excluding hydrogens is 310 g/mol. The monoisotopic (exact) mass is 323 g/mol. The molecule has 0 aliphatic rings. The second kappa shape index (κ2) is 7.14. The molecule has 0 radical (unpaired) electrons. The second-order valence-corrected chi connectivity index (χ2v) is 6.15. The lowest BCUT2D eigenvalue weighted by molar-refractivity contribution is -0.113. The fourth-order valence-electron chi connectivity index (χ4n) is 1.64. The van der Waals surface area contributed by atoms with E-state index in [2.05, 4.69) is 5.32 Å². The number of carboxylic acids is 1. The minimum atomic E-state index is -1.24. The maximum absolute atomic E-state index is 11.8. The van der Waals surface area contributed by atoms with Gasteiger partial charge in [0.05, 0.1) is 11.4 Å². The van der Waals surface area contributed by atoms with E-state index in [1.807, 2.05) is 17.5 Å². The first-order valence-corrected chi connectivity index (χ1v) is 8.06. The molecule has 0 aliphatic carbocycles. The summed E-state index contributed by atoms with van der Waals surface area (Å²) >= 11 is 3.08. The molecule has 0 aliphatic heterocycles. The minimum Gasteiger partial charge on any atom is -0.505 e. The summed E-state index contributed by atoms with van der Waals surface area (Å²) in [7, 11) is 0. The molecule has 1 heterocycles. The van der Waals surface area contributed by atoms with Crippen molar-refractivity contribution in [3.05, 3.63) is 46.2 Å². The summed E-state index contributed by atoms with van der Waals surface area (Å²) in [6.45, 7) is 0. The van der Waals surface area contributed by atoms with Crippen molar-refractivity contribution < 1.29 is 19.8 Å². The van der Waals surface area contributed by atoms with Crippen LogP contribution >= 0.6 is 23.1 Å². The van der Waals surface area contributed by atoms with Gasteiger partial charge in [0.1, 0.15) is 5.56 Å². The van der Waals surface area contributed by atoms with Gasteiger partial charge < -0.3 is 15.5 Å². The van der Waals surface area contributed by atoms with Crippen LogP contribution in [0.3, 0.4) is 0 Å². The van der Waals surface area contributed by atoms with E-state index in [0.29, 0.717) is 0 Å². The number of aromatic carboxylic acids is 1. The number of phenols is 1. The van der Waals surface area contributed by atoms with E-state index < -0.39 is 11.7 Å². The Balaban J connectivity index is 1.90. The molecule has 21 heavy (non-hydrogen) atoms. The van der Waals surface area contributed by atoms with Crippen LogP contribution in [0.5, 0.6) is 5.75 Å². The van der Waals surface area contributed by atoms with E-state index in [1.54, 1.807) is 11.3 Å². The number of nitrogens with one attached hydrogen (secondary N) is 1. The Bertz CT molecular complexity index is 640. The molecule has 0 fully saturated rings. The van der Waals surface area contributed by atoms with Crippen LogP contribution in [0.15, 0.2) is 35.7 Å². The molecule has 1 amide bonds. The number of amides is 1. The number of anilines is 1. The van der Waals surface area contributed by atoms with Crippen LogP contribution in [-0.4, -0.2) is 27.8 Å². The van der Waals surface area contributed by atoms with Crippen LogP contribution in [0.4, 0.5) is 5.69 Å². The molecule has 2 rings (SSSR count). The summed E-state index contributed by atoms with van der Waals surface area (Å²) in [6, 6.07) is 8.16. The predicted octanol–water partition coefficient (Wildman–Crippen LogP) is 3.02. The quantitative estimate of drug-likeness (QED) is 0.711. The first-order valence-electron chi connectivity index (χ1n) is 6.03. The minimum absolute atomic E-state index is 0.108. The van der Waals surface area contributed by atoms with Gasteiger partial charge in [-0.15, -0.1) is 23.1 Å². The number of rotatable bonds is 6. The van der Waals surface area contributed by atoms with Crippen LogP contribution in [0, 0.1) is 0 Å². The zero-order valence-corrected chi connectivity index (χ0v) is 12.5. The lowest BCUT2D eigenvalue weighted by Gasteiger charge is -2.08. The van der Waals surface area contributed by atoms with Crippen molar-refractivity contribution in [3.8, 4) is 5.75 Å². The first-order chi connectivity index (χ1) is 10.1. The maximum Gasteiger partial charge on any atom is 0.339 e. The third-order valence-electron chi connectivity index (χ3n) is 2.60. The Morgan fingerprint density at radius 3 is 2.71 bits per heavy atom. The number of carbonyl (C=O) groups excluding carboxylic acids is 1. The number of para-hydroxylation sites is 1. The van der Waals surface area contributed by atoms with Crippen molar-refractivity contribution in [2.45, 2.75) is 5.75 Å². The van der Waals surface area contributed by atoms with Crippen molar-refractivity contribution in [1.82, 2.24) is 0 Å². The molecule has 1 aromatic heterocycles. The molecule has 0 saturated heterocycles. The van der Waals surface area contributed by atoms with Gasteiger partial charge in [0.25, 0.3) is 0 Å². The van der Waals surface area contributed by atoms with Crippen LogP contribution < -0.4 is 5.32 Å². The van der Waals surface area contributed by atoms with Gasteiger partial charge in [0.2, 0.25) is 5.91 Å². The highest BCUT2D eigenvalue weighted by Crippen LogP contribution is 2.27. The van der Waals surface area contributed by atoms with Gasteiger partial charge in [-0.25, -0.2) is 4.79 Å². The molecule has 2 aromatic rings. The average molecular weight is 323 g/mol. The first kappa shape index (κ1) is 15.4. The third kappa shape index (κ3) is 4.24. The van der Waals surface area contributed by atoms with E-state index in [9.17, 15) is 14.7 Å². The largest absolute Gasteiger partial charge is 0.505 e. The van der Waals surface area contributed by atoms with Gasteiger partial charge in [-0.1, -0.05) is 12.1 Å². The van der Waals surface area contributed by atoms with Crippen LogP contribution in [-0.2, 0) is 10.5 Å². The van der Waals surface area contributed by atoms with Crippen molar-refractivity contribution in [1.29, 1.82) is 0 Å². The fourth-order valence-corrected chi connectivity index (χ4v) is 3.31. The van der Waals surface area contributed by atoms with Gasteiger partial charge in [-0.05, 0) is 23.6 Å². The lowest BCUT2D eigenvalue weighted by Crippen LogP contribution is -2.14. The van der Waals surface area contributed by atoms with Gasteiger partial charge in [-0.2, -0.15) is 0 Å². The SMILES string of the molecule is O=C(CSCc1cccs1)Nc1cccc(C(=O)O)c1O. The highest BCUT2D eigenvalue weighted by molar-refractivity contribution is 7.99. The molecule has 0 spiro atoms. The molecule has 0 atom stereocenters. The van der Waals surface area contributed by atoms with Gasteiger partial charge in [0.15, 0.2) is 5.75 Å². The number of carbonyl (C=O) groups is 2. The van der Waals surface area contributed by atoms with Crippen molar-refractivity contribution in [2.75, 3.05) is 11.1 Å². The molecule has 0 bridgehead atoms. The summed E-state index contributed by atoms with van der Waals surface area (Å²) in [5.74, 6) is -0.979. The second-order valence-electron chi connectivity index (χ2n) is 4.13. The highest BCUT2D eigenvalue weighted by Gasteiger charge is 2.14. The van der Waals surface area contributed by atoms with E-state index in [1.165, 1.54) is 34.8 Å². The zero-order valence-electron chi connectivity index (χ0n) is 10.9. The Morgan fingerprint density at radius 1 is 1.24 bits per heavy atom. The molecule has 0 saturated carbocycles. The number of carboxylic acid groups (broad SMARTS) is 1. The Morgan fingerprint density at radius 2 is 2.05 bits per heavy atom. The molecule has 110 valence electrons. The lowest BCUT2D eigenvalue weighted by atomic mass is 10.1. The highest BCUT2D eigenvalue weighted by atomic mass is 32.2. The number of thiophene rings is 1. The van der Waals surface area contributed by atoms with Crippen molar-refractivity contribution in [3.63, 3.8) is 0 Å². The van der Waals surface area contributed by atoms with E-state index in [0.717, 1.165) is 5.75 Å². The summed E-state index contributed by atoms with van der Waals surface area (Å²) in [4.78, 5) is 23.9. The van der Waals surface area contributed by atoms with Gasteiger partial charge in [-0.3, -0.25) is 4.79 Å². The molecule has 1 aromatic carbocycles. The summed E-state index contributed by atoms with van der Waals surface area (Å²) in [6.07, 6.45) is 0. The van der Waals surface area contributed by atoms with E-state index >= 15 is 0 Å². The smallest absolute Gasteiger partial charge is 0.339 e. The average Bonchev–Trinajstić information content (AvgIpc) is 2.94. The maximum atomic E-state index is 11.8. The van der Waals surface area contributed by atoms with Crippen molar-refractivity contribution in [2.24, 2.45) is 0 Å². The van der Waals surface area contributed by atoms with Crippen molar-refractivity contribution >= 4 is 40.7 Å². The predicted molar refractivity (Wildman–Crippen MR) is 84.2 cm³/mol. The molecular formula is C14H13NO4S2. The third-order valence-corrected chi connectivity index (χ3v) is 4.64. The van der Waals surface area contributed by atoms with E-state index in [4.69, 9.17) is 5.11 Å². The Labute approximate surface area is 129 Å². The van der Waals surface area contributed by atoms with Crippen LogP contribution in [0.25, 0.3) is 0 Å². The van der Waals surface area contributed by atoms with Gasteiger partial charge >= 0.3 is 5.97 Å². The molecule has 7 heteroatoms. The Kier molecular flexibility index (Phi) is 5.24. The zero-order chi connectivity index (χ0) is 15.2. The molecule has 5 nitrogen and oxygen atoms in total. The summed E-state index contributed by atoms with van der Waals surface area (Å²) < 4.78 is 0. The fraction of sp³-hybridized carbons (Fsp3) is 0.143. The number of hydrogen-bond donors (Lipinski definition) is 3. The standard InChI is InChI=1S/C14H13NO4S2/c16-12(8-20-7-9-3-2-6-21-9)15-11-5-1-4-10(13(11)17)14(18)19/h1-6,17H,7-8H2,(H,15,16)(H,18,19). The number of hydrogen-bond acceptors (Lipinski definition) is 5.